The summed E-state index contributed by atoms with van der Waals surface area (Å²) < 4.78 is 5.56. The van der Waals surface area contributed by atoms with Gasteiger partial charge in [0.15, 0.2) is 0 Å². The van der Waals surface area contributed by atoms with E-state index in [1.54, 1.807) is 0 Å². The van der Waals surface area contributed by atoms with Gasteiger partial charge in [-0.05, 0) is 38.0 Å². The van der Waals surface area contributed by atoms with Crippen LogP contribution >= 0.6 is 0 Å². The zero-order chi connectivity index (χ0) is 15.8. The summed E-state index contributed by atoms with van der Waals surface area (Å²) in [5.74, 6) is 0.782. The molecule has 1 atom stereocenters. The monoisotopic (exact) mass is 299 g/mol. The Morgan fingerprint density at radius 2 is 1.59 bits per heavy atom. The van der Waals surface area contributed by atoms with E-state index >= 15 is 0 Å². The summed E-state index contributed by atoms with van der Waals surface area (Å²) in [7, 11) is 0. The smallest absolute Gasteiger partial charge is 0.119 e. The number of ether oxygens (including phenoxy) is 1. The molecule has 22 heavy (non-hydrogen) atoms. The van der Waals surface area contributed by atoms with Gasteiger partial charge >= 0.3 is 0 Å². The number of para-hydroxylation sites is 1. The van der Waals surface area contributed by atoms with Crippen LogP contribution in [0.5, 0.6) is 5.75 Å². The van der Waals surface area contributed by atoms with Crippen molar-refractivity contribution < 1.29 is 9.84 Å². The van der Waals surface area contributed by atoms with Crippen molar-refractivity contribution in [2.75, 3.05) is 13.2 Å². The number of rotatable bonds is 8. The van der Waals surface area contributed by atoms with Gasteiger partial charge in [-0.15, -0.1) is 0 Å². The Morgan fingerprint density at radius 1 is 1.00 bits per heavy atom. The van der Waals surface area contributed by atoms with Gasteiger partial charge in [0.1, 0.15) is 18.5 Å². The first kappa shape index (κ1) is 16.5. The van der Waals surface area contributed by atoms with Crippen molar-refractivity contribution in [3.05, 3.63) is 66.2 Å². The fourth-order valence-corrected chi connectivity index (χ4v) is 2.33. The largest absolute Gasteiger partial charge is 0.491 e. The maximum absolute atomic E-state index is 10.1. The molecule has 0 aliphatic rings. The number of hydrogen-bond acceptors (Lipinski definition) is 3. The van der Waals surface area contributed by atoms with Crippen LogP contribution in [0.2, 0.25) is 0 Å². The molecule has 3 heteroatoms. The lowest BCUT2D eigenvalue weighted by molar-refractivity contribution is 0.0988. The summed E-state index contributed by atoms with van der Waals surface area (Å²) in [5.41, 5.74) is 1.21. The molecule has 0 heterocycles. The Bertz CT molecular complexity index is 540. The van der Waals surface area contributed by atoms with Gasteiger partial charge in [-0.3, -0.25) is 0 Å². The van der Waals surface area contributed by atoms with E-state index in [0.29, 0.717) is 13.2 Å². The standard InChI is InChI=1S/C19H25NO2/c1-19(2,13-16-9-5-3-6-10-16)20-14-17(21)15-22-18-11-7-4-8-12-18/h3-12,17,20-21H,13-15H2,1-2H3. The first-order valence-corrected chi connectivity index (χ1v) is 7.70. The maximum Gasteiger partial charge on any atom is 0.119 e. The average molecular weight is 299 g/mol. The van der Waals surface area contributed by atoms with Crippen LogP contribution in [0.1, 0.15) is 19.4 Å². The molecule has 0 radical (unpaired) electrons. The number of nitrogens with one attached hydrogen (secondary N) is 1. The van der Waals surface area contributed by atoms with Crippen molar-refractivity contribution in [3.63, 3.8) is 0 Å². The molecule has 2 aromatic rings. The van der Waals surface area contributed by atoms with Crippen molar-refractivity contribution in [2.24, 2.45) is 0 Å². The SMILES string of the molecule is CC(C)(Cc1ccccc1)NCC(O)COc1ccccc1. The van der Waals surface area contributed by atoms with Crippen molar-refractivity contribution in [3.8, 4) is 5.75 Å². The molecule has 0 bridgehead atoms. The van der Waals surface area contributed by atoms with Crippen LogP contribution in [-0.2, 0) is 6.42 Å². The average Bonchev–Trinajstić information content (AvgIpc) is 2.53. The first-order valence-electron chi connectivity index (χ1n) is 7.70. The summed E-state index contributed by atoms with van der Waals surface area (Å²) in [6.07, 6.45) is 0.385. The van der Waals surface area contributed by atoms with Crippen molar-refractivity contribution in [1.82, 2.24) is 5.32 Å². The highest BCUT2D eigenvalue weighted by atomic mass is 16.5. The van der Waals surface area contributed by atoms with E-state index in [9.17, 15) is 5.11 Å². The molecule has 0 saturated heterocycles. The van der Waals surface area contributed by atoms with Crippen molar-refractivity contribution in [2.45, 2.75) is 31.9 Å². The van der Waals surface area contributed by atoms with Gasteiger partial charge in [0.05, 0.1) is 0 Å². The highest BCUT2D eigenvalue weighted by Gasteiger charge is 2.19. The molecule has 0 fully saturated rings. The van der Waals surface area contributed by atoms with Crippen molar-refractivity contribution >= 4 is 0 Å². The first-order chi connectivity index (χ1) is 10.6. The van der Waals surface area contributed by atoms with Crippen LogP contribution in [0.4, 0.5) is 0 Å². The summed E-state index contributed by atoms with van der Waals surface area (Å²) in [6, 6.07) is 19.9. The molecule has 0 aromatic heterocycles. The molecular weight excluding hydrogens is 274 g/mol. The molecular formula is C19H25NO2. The van der Waals surface area contributed by atoms with Crippen LogP contribution in [0.3, 0.4) is 0 Å². The van der Waals surface area contributed by atoms with Crippen LogP contribution in [0.15, 0.2) is 60.7 Å². The van der Waals surface area contributed by atoms with Crippen LogP contribution in [-0.4, -0.2) is 29.9 Å². The zero-order valence-electron chi connectivity index (χ0n) is 13.3. The maximum atomic E-state index is 10.1. The van der Waals surface area contributed by atoms with E-state index in [2.05, 4.69) is 31.3 Å². The number of aliphatic hydroxyl groups excluding tert-OH is 1. The van der Waals surface area contributed by atoms with Crippen LogP contribution in [0, 0.1) is 0 Å². The molecule has 0 spiro atoms. The predicted molar refractivity (Wildman–Crippen MR) is 90.2 cm³/mol. The van der Waals surface area contributed by atoms with Gasteiger partial charge in [-0.2, -0.15) is 0 Å². The molecule has 2 N–H and O–H groups in total. The van der Waals surface area contributed by atoms with Crippen LogP contribution in [0.25, 0.3) is 0 Å². The summed E-state index contributed by atoms with van der Waals surface area (Å²) in [5, 5.41) is 13.5. The lowest BCUT2D eigenvalue weighted by Crippen LogP contribution is -2.46. The van der Waals surface area contributed by atoms with E-state index in [-0.39, 0.29) is 5.54 Å². The highest BCUT2D eigenvalue weighted by Crippen LogP contribution is 2.13. The second kappa shape index (κ2) is 7.97. The summed E-state index contributed by atoms with van der Waals surface area (Å²) in [4.78, 5) is 0. The van der Waals surface area contributed by atoms with Gasteiger partial charge in [-0.1, -0.05) is 48.5 Å². The normalized spacial score (nSPS) is 12.9. The second-order valence-electron chi connectivity index (χ2n) is 6.21. The van der Waals surface area contributed by atoms with E-state index in [0.717, 1.165) is 12.2 Å². The fraction of sp³-hybridized carbons (Fsp3) is 0.368. The molecule has 2 aromatic carbocycles. The van der Waals surface area contributed by atoms with E-state index in [1.807, 2.05) is 48.5 Å². The lowest BCUT2D eigenvalue weighted by Gasteiger charge is -2.28. The van der Waals surface area contributed by atoms with Gasteiger partial charge < -0.3 is 15.2 Å². The third kappa shape index (κ3) is 5.88. The molecule has 0 saturated carbocycles. The lowest BCUT2D eigenvalue weighted by atomic mass is 9.95. The quantitative estimate of drug-likeness (QED) is 0.787. The number of benzene rings is 2. The minimum Gasteiger partial charge on any atom is -0.491 e. The number of hydrogen-bond donors (Lipinski definition) is 2. The molecule has 1 unspecified atom stereocenters. The number of β-amino-alcohol motifs (C(OH)–C–C–N with tert-alkyl or cyclic N) is 1. The fourth-order valence-electron chi connectivity index (χ4n) is 2.33. The van der Waals surface area contributed by atoms with Crippen molar-refractivity contribution in [1.29, 1.82) is 0 Å². The van der Waals surface area contributed by atoms with Gasteiger partial charge in [-0.25, -0.2) is 0 Å². The van der Waals surface area contributed by atoms with Gasteiger partial charge in [0, 0.05) is 12.1 Å². The Labute approximate surface area is 133 Å². The Morgan fingerprint density at radius 3 is 2.23 bits per heavy atom. The summed E-state index contributed by atoms with van der Waals surface area (Å²) >= 11 is 0. The van der Waals surface area contributed by atoms with Gasteiger partial charge in [0.2, 0.25) is 0 Å². The zero-order valence-corrected chi connectivity index (χ0v) is 13.3. The topological polar surface area (TPSA) is 41.5 Å². The van der Waals surface area contributed by atoms with E-state index in [1.165, 1.54) is 5.56 Å². The molecule has 0 aliphatic carbocycles. The number of aliphatic hydroxyl groups is 1. The predicted octanol–water partition coefficient (Wildman–Crippen LogP) is 3.04. The third-order valence-corrected chi connectivity index (χ3v) is 3.49. The molecule has 2 rings (SSSR count). The minimum absolute atomic E-state index is 0.0743. The van der Waals surface area contributed by atoms with Crippen LogP contribution < -0.4 is 10.1 Å². The van der Waals surface area contributed by atoms with E-state index in [4.69, 9.17) is 4.74 Å². The Balaban J connectivity index is 1.73. The molecule has 3 nitrogen and oxygen atoms in total. The van der Waals surface area contributed by atoms with E-state index < -0.39 is 6.10 Å². The minimum atomic E-state index is -0.532. The molecule has 0 aliphatic heterocycles. The summed E-state index contributed by atoms with van der Waals surface area (Å²) in [6.45, 7) is 5.08. The Kier molecular flexibility index (Phi) is 5.99. The van der Waals surface area contributed by atoms with Gasteiger partial charge in [0.25, 0.3) is 0 Å². The highest BCUT2D eigenvalue weighted by molar-refractivity contribution is 5.21. The Hall–Kier alpha value is -1.84. The molecule has 118 valence electrons. The molecule has 0 amide bonds. The second-order valence-corrected chi connectivity index (χ2v) is 6.21. The third-order valence-electron chi connectivity index (χ3n) is 3.49.